The first-order valence-electron chi connectivity index (χ1n) is 4.61. The van der Waals surface area contributed by atoms with Gasteiger partial charge in [0.25, 0.3) is 9.05 Å². The van der Waals surface area contributed by atoms with Crippen LogP contribution in [0.1, 0.15) is 12.8 Å². The van der Waals surface area contributed by atoms with Crippen LogP contribution in [0.4, 0.5) is 0 Å². The van der Waals surface area contributed by atoms with E-state index < -0.39 is 9.05 Å². The average Bonchev–Trinajstić information content (AvgIpc) is 2.65. The molecule has 1 N–H and O–H groups in total. The van der Waals surface area contributed by atoms with Crippen LogP contribution in [0.25, 0.3) is 0 Å². The molecule has 1 rings (SSSR count). The zero-order valence-corrected chi connectivity index (χ0v) is 10.3. The van der Waals surface area contributed by atoms with Crippen LogP contribution in [-0.2, 0) is 20.4 Å². The van der Waals surface area contributed by atoms with Gasteiger partial charge >= 0.3 is 0 Å². The van der Waals surface area contributed by atoms with Gasteiger partial charge in [-0.15, -0.1) is 0 Å². The Hall–Kier alpha value is -1.08. The predicted molar refractivity (Wildman–Crippen MR) is 58.6 cm³/mol. The highest BCUT2D eigenvalue weighted by Crippen LogP contribution is 2.13. The summed E-state index contributed by atoms with van der Waals surface area (Å²) in [5, 5.41) is 6.32. The van der Waals surface area contributed by atoms with E-state index in [1.54, 1.807) is 7.05 Å². The summed E-state index contributed by atoms with van der Waals surface area (Å²) in [6.07, 6.45) is 3.48. The molecule has 0 atom stereocenters. The molecule has 8 heteroatoms. The Morgan fingerprint density at radius 1 is 1.62 bits per heavy atom. The van der Waals surface area contributed by atoms with E-state index in [9.17, 15) is 13.2 Å². The summed E-state index contributed by atoms with van der Waals surface area (Å²) in [6.45, 7) is 0.472. The van der Waals surface area contributed by atoms with E-state index in [4.69, 9.17) is 10.7 Å². The number of aryl methyl sites for hydroxylation is 1. The van der Waals surface area contributed by atoms with Gasteiger partial charge in [0.1, 0.15) is 4.90 Å². The quantitative estimate of drug-likeness (QED) is 0.779. The molecule has 1 heterocycles. The summed E-state index contributed by atoms with van der Waals surface area (Å²) in [4.78, 5) is 10.9. The van der Waals surface area contributed by atoms with E-state index in [0.29, 0.717) is 19.4 Å². The zero-order chi connectivity index (χ0) is 12.2. The van der Waals surface area contributed by atoms with Gasteiger partial charge in [0.2, 0.25) is 5.91 Å². The average molecular weight is 266 g/mol. The van der Waals surface area contributed by atoms with Crippen molar-refractivity contribution >= 4 is 25.6 Å². The molecule has 0 aliphatic rings. The van der Waals surface area contributed by atoms with Crippen LogP contribution in [0.3, 0.4) is 0 Å². The largest absolute Gasteiger partial charge is 0.359 e. The van der Waals surface area contributed by atoms with Crippen LogP contribution >= 0.6 is 10.7 Å². The lowest BCUT2D eigenvalue weighted by Crippen LogP contribution is -2.17. The van der Waals surface area contributed by atoms with Crippen molar-refractivity contribution in [1.82, 2.24) is 15.1 Å². The van der Waals surface area contributed by atoms with Crippen molar-refractivity contribution < 1.29 is 13.2 Å². The lowest BCUT2D eigenvalue weighted by molar-refractivity contribution is -0.120. The number of carbonyl (C=O) groups is 1. The fraction of sp³-hybridized carbons (Fsp3) is 0.500. The third-order valence-corrected chi connectivity index (χ3v) is 3.27. The van der Waals surface area contributed by atoms with Crippen LogP contribution < -0.4 is 5.32 Å². The predicted octanol–water partition coefficient (Wildman–Crippen LogP) is 0.337. The van der Waals surface area contributed by atoms with Crippen molar-refractivity contribution in [1.29, 1.82) is 0 Å². The molecular formula is C8H12ClN3O3S. The fourth-order valence-corrected chi connectivity index (χ4v) is 1.78. The molecule has 1 aromatic heterocycles. The minimum Gasteiger partial charge on any atom is -0.359 e. The molecule has 0 saturated heterocycles. The van der Waals surface area contributed by atoms with Crippen molar-refractivity contribution in [3.05, 3.63) is 12.4 Å². The van der Waals surface area contributed by atoms with E-state index in [2.05, 4.69) is 10.4 Å². The second kappa shape index (κ2) is 5.31. The van der Waals surface area contributed by atoms with Gasteiger partial charge in [-0.3, -0.25) is 9.48 Å². The first-order valence-corrected chi connectivity index (χ1v) is 6.92. The van der Waals surface area contributed by atoms with Gasteiger partial charge in [-0.25, -0.2) is 8.42 Å². The highest BCUT2D eigenvalue weighted by Gasteiger charge is 2.12. The zero-order valence-electron chi connectivity index (χ0n) is 8.68. The molecule has 1 aromatic rings. The number of hydrogen-bond acceptors (Lipinski definition) is 4. The van der Waals surface area contributed by atoms with Gasteiger partial charge in [-0.05, 0) is 6.42 Å². The third-order valence-electron chi connectivity index (χ3n) is 1.96. The van der Waals surface area contributed by atoms with Gasteiger partial charge in [0, 0.05) is 36.9 Å². The number of hydrogen-bond donors (Lipinski definition) is 1. The summed E-state index contributed by atoms with van der Waals surface area (Å²) in [5.74, 6) is -0.0580. The molecule has 90 valence electrons. The molecule has 0 aliphatic heterocycles. The van der Waals surface area contributed by atoms with Crippen molar-refractivity contribution in [2.45, 2.75) is 24.3 Å². The molecule has 1 amide bonds. The summed E-state index contributed by atoms with van der Waals surface area (Å²) in [5.41, 5.74) is 0. The van der Waals surface area contributed by atoms with E-state index in [1.807, 2.05) is 0 Å². The van der Waals surface area contributed by atoms with Crippen LogP contribution in [-0.4, -0.2) is 31.2 Å². The second-order valence-corrected chi connectivity index (χ2v) is 5.72. The van der Waals surface area contributed by atoms with Gasteiger partial charge in [0.15, 0.2) is 0 Å². The Labute approximate surface area is 98.0 Å². The minimum atomic E-state index is -3.72. The molecule has 0 saturated carbocycles. The molecule has 6 nitrogen and oxygen atoms in total. The van der Waals surface area contributed by atoms with E-state index in [1.165, 1.54) is 17.1 Å². The SMILES string of the molecule is CNC(=O)CCCn1cc(S(=O)(=O)Cl)cn1. The van der Waals surface area contributed by atoms with Crippen molar-refractivity contribution in [3.63, 3.8) is 0 Å². The highest BCUT2D eigenvalue weighted by molar-refractivity contribution is 8.13. The molecule has 0 aliphatic carbocycles. The highest BCUT2D eigenvalue weighted by atomic mass is 35.7. The van der Waals surface area contributed by atoms with Crippen molar-refractivity contribution in [2.75, 3.05) is 7.05 Å². The van der Waals surface area contributed by atoms with E-state index in [0.717, 1.165) is 0 Å². The maximum Gasteiger partial charge on any atom is 0.264 e. The number of rotatable bonds is 5. The van der Waals surface area contributed by atoms with Gasteiger partial charge in [0.05, 0.1) is 6.20 Å². The van der Waals surface area contributed by atoms with Crippen LogP contribution in [0, 0.1) is 0 Å². The smallest absolute Gasteiger partial charge is 0.264 e. The lowest BCUT2D eigenvalue weighted by atomic mass is 10.3. The molecule has 0 fully saturated rings. The minimum absolute atomic E-state index is 0.0332. The monoisotopic (exact) mass is 265 g/mol. The van der Waals surface area contributed by atoms with Gasteiger partial charge in [-0.2, -0.15) is 5.10 Å². The first-order chi connectivity index (χ1) is 7.43. The second-order valence-electron chi connectivity index (χ2n) is 3.15. The normalized spacial score (nSPS) is 11.4. The maximum absolute atomic E-state index is 10.9. The standard InChI is InChI=1S/C8H12ClN3O3S/c1-10-8(13)3-2-4-12-6-7(5-11-12)16(9,14)15/h5-6H,2-4H2,1H3,(H,10,13). The van der Waals surface area contributed by atoms with Crippen molar-refractivity contribution in [2.24, 2.45) is 0 Å². The van der Waals surface area contributed by atoms with E-state index >= 15 is 0 Å². The molecular weight excluding hydrogens is 254 g/mol. The number of halogens is 1. The molecule has 0 unspecified atom stereocenters. The van der Waals surface area contributed by atoms with Gasteiger partial charge in [-0.1, -0.05) is 0 Å². The van der Waals surface area contributed by atoms with Crippen LogP contribution in [0.2, 0.25) is 0 Å². The van der Waals surface area contributed by atoms with E-state index in [-0.39, 0.29) is 10.8 Å². The Bertz CT molecular complexity index is 469. The Balaban J connectivity index is 2.51. The number of aromatic nitrogens is 2. The summed E-state index contributed by atoms with van der Waals surface area (Å²) < 4.78 is 23.3. The fourth-order valence-electron chi connectivity index (χ4n) is 1.12. The number of nitrogens with zero attached hydrogens (tertiary/aromatic N) is 2. The molecule has 16 heavy (non-hydrogen) atoms. The molecule has 0 aromatic carbocycles. The summed E-state index contributed by atoms with van der Waals surface area (Å²) in [7, 11) is 2.98. The number of nitrogens with one attached hydrogen (secondary N) is 1. The number of carbonyl (C=O) groups excluding carboxylic acids is 1. The van der Waals surface area contributed by atoms with Crippen LogP contribution in [0.15, 0.2) is 17.3 Å². The molecule has 0 radical (unpaired) electrons. The first kappa shape index (κ1) is 13.0. The number of amides is 1. The summed E-state index contributed by atoms with van der Waals surface area (Å²) >= 11 is 0. The van der Waals surface area contributed by atoms with Crippen molar-refractivity contribution in [3.8, 4) is 0 Å². The Morgan fingerprint density at radius 3 is 2.81 bits per heavy atom. The lowest BCUT2D eigenvalue weighted by Gasteiger charge is -2.00. The topological polar surface area (TPSA) is 81.1 Å². The molecule has 0 spiro atoms. The molecule has 0 bridgehead atoms. The van der Waals surface area contributed by atoms with Crippen LogP contribution in [0.5, 0.6) is 0 Å². The Morgan fingerprint density at radius 2 is 2.31 bits per heavy atom. The summed E-state index contributed by atoms with van der Waals surface area (Å²) in [6, 6.07) is 0. The third kappa shape index (κ3) is 3.82. The van der Waals surface area contributed by atoms with Gasteiger partial charge < -0.3 is 5.32 Å². The Kier molecular flexibility index (Phi) is 4.31. The maximum atomic E-state index is 10.9.